The quantitative estimate of drug-likeness (QED) is 0.157. The van der Waals surface area contributed by atoms with Gasteiger partial charge in [-0.2, -0.15) is 0 Å². The Balaban J connectivity index is 1.49. The largest absolute Gasteiger partial charge is 0.490 e. The predicted molar refractivity (Wildman–Crippen MR) is 123 cm³/mol. The number of carbonyl (C=O) groups excluding carboxylic acids is 4. The Hall–Kier alpha value is -4.57. The molecule has 0 aromatic heterocycles. The van der Waals surface area contributed by atoms with Gasteiger partial charge in [0.1, 0.15) is 0 Å². The predicted octanol–water partition coefficient (Wildman–Crippen LogP) is 4.10. The van der Waals surface area contributed by atoms with Gasteiger partial charge < -0.3 is 9.47 Å². The van der Waals surface area contributed by atoms with Gasteiger partial charge >= 0.3 is 11.7 Å². The van der Waals surface area contributed by atoms with Crippen LogP contribution in [0.2, 0.25) is 5.02 Å². The Morgan fingerprint density at radius 3 is 2.26 bits per heavy atom. The van der Waals surface area contributed by atoms with E-state index in [-0.39, 0.29) is 28.0 Å². The SMILES string of the molecule is COc1ccc(C(=O)COC(=O)c2ccc3c(c2)C(=O)N(c2ccc(Cl)cc2)C3=O)cc1[N+](=O)[O-]. The van der Waals surface area contributed by atoms with E-state index in [9.17, 15) is 29.3 Å². The van der Waals surface area contributed by atoms with E-state index in [4.69, 9.17) is 21.1 Å². The van der Waals surface area contributed by atoms with E-state index < -0.39 is 40.8 Å². The monoisotopic (exact) mass is 494 g/mol. The number of ether oxygens (including phenoxy) is 2. The number of benzene rings is 3. The topological polar surface area (TPSA) is 133 Å². The molecule has 11 heteroatoms. The maximum Gasteiger partial charge on any atom is 0.338 e. The van der Waals surface area contributed by atoms with Crippen LogP contribution in [0.3, 0.4) is 0 Å². The fraction of sp³-hybridized carbons (Fsp3) is 0.0833. The number of anilines is 1. The Kier molecular flexibility index (Phi) is 6.30. The number of amides is 2. The van der Waals surface area contributed by atoms with Gasteiger partial charge in [0, 0.05) is 16.7 Å². The molecule has 0 saturated carbocycles. The van der Waals surface area contributed by atoms with Crippen LogP contribution in [0.5, 0.6) is 5.75 Å². The van der Waals surface area contributed by atoms with Crippen LogP contribution in [-0.4, -0.2) is 42.2 Å². The molecule has 2 amide bonds. The van der Waals surface area contributed by atoms with Gasteiger partial charge in [-0.25, -0.2) is 9.69 Å². The second-order valence-corrected chi connectivity index (χ2v) is 7.76. The van der Waals surface area contributed by atoms with Gasteiger partial charge in [-0.3, -0.25) is 24.5 Å². The van der Waals surface area contributed by atoms with Gasteiger partial charge in [0.2, 0.25) is 5.78 Å². The van der Waals surface area contributed by atoms with Crippen LogP contribution in [0.25, 0.3) is 0 Å². The third kappa shape index (κ3) is 4.46. The molecule has 3 aromatic rings. The van der Waals surface area contributed by atoms with E-state index in [1.807, 2.05) is 0 Å². The minimum atomic E-state index is -0.908. The summed E-state index contributed by atoms with van der Waals surface area (Å²) in [5.74, 6) is -2.78. The van der Waals surface area contributed by atoms with Crippen molar-refractivity contribution in [2.24, 2.45) is 0 Å². The summed E-state index contributed by atoms with van der Waals surface area (Å²) in [6.45, 7) is -0.691. The molecule has 10 nitrogen and oxygen atoms in total. The second kappa shape index (κ2) is 9.35. The maximum atomic E-state index is 12.9. The lowest BCUT2D eigenvalue weighted by Crippen LogP contribution is -2.29. The van der Waals surface area contributed by atoms with Crippen LogP contribution in [0.1, 0.15) is 41.4 Å². The van der Waals surface area contributed by atoms with Crippen molar-refractivity contribution in [3.8, 4) is 5.75 Å². The van der Waals surface area contributed by atoms with E-state index in [2.05, 4.69) is 0 Å². The highest BCUT2D eigenvalue weighted by molar-refractivity contribution is 6.35. The first-order valence-corrected chi connectivity index (χ1v) is 10.4. The molecular formula is C24H15ClN2O8. The fourth-order valence-corrected chi connectivity index (χ4v) is 3.62. The molecule has 1 aliphatic heterocycles. The number of halogens is 1. The minimum absolute atomic E-state index is 0.0107. The molecule has 1 aliphatic rings. The van der Waals surface area contributed by atoms with E-state index in [1.54, 1.807) is 0 Å². The average Bonchev–Trinajstić information content (AvgIpc) is 3.11. The van der Waals surface area contributed by atoms with Gasteiger partial charge in [-0.15, -0.1) is 0 Å². The number of Topliss-reactive ketones (excluding diaryl/α,β-unsaturated/α-hetero) is 1. The molecule has 4 rings (SSSR count). The van der Waals surface area contributed by atoms with E-state index in [1.165, 1.54) is 61.7 Å². The summed E-state index contributed by atoms with van der Waals surface area (Å²) in [5.41, 5.74) is -0.0461. The molecule has 0 N–H and O–H groups in total. The van der Waals surface area contributed by atoms with Crippen molar-refractivity contribution in [3.05, 3.63) is 98.1 Å². The number of hydrogen-bond acceptors (Lipinski definition) is 8. The zero-order chi connectivity index (χ0) is 25.3. The highest BCUT2D eigenvalue weighted by atomic mass is 35.5. The summed E-state index contributed by atoms with van der Waals surface area (Å²) in [6, 6.07) is 13.6. The van der Waals surface area contributed by atoms with Gasteiger partial charge in [-0.05, 0) is 54.6 Å². The van der Waals surface area contributed by atoms with Gasteiger partial charge in [0.15, 0.2) is 12.4 Å². The van der Waals surface area contributed by atoms with Crippen molar-refractivity contribution >= 4 is 46.5 Å². The smallest absolute Gasteiger partial charge is 0.338 e. The Morgan fingerprint density at radius 2 is 1.60 bits per heavy atom. The molecule has 0 fully saturated rings. The molecule has 0 unspecified atom stereocenters. The Labute approximate surface area is 202 Å². The molecule has 0 spiro atoms. The number of nitro benzene ring substituents is 1. The molecule has 3 aromatic carbocycles. The first-order chi connectivity index (χ1) is 16.7. The summed E-state index contributed by atoms with van der Waals surface area (Å²) >= 11 is 5.86. The molecule has 176 valence electrons. The highest BCUT2D eigenvalue weighted by Gasteiger charge is 2.37. The van der Waals surface area contributed by atoms with Crippen molar-refractivity contribution in [1.82, 2.24) is 0 Å². The number of hydrogen-bond donors (Lipinski definition) is 0. The zero-order valence-corrected chi connectivity index (χ0v) is 18.8. The highest BCUT2D eigenvalue weighted by Crippen LogP contribution is 2.30. The normalized spacial score (nSPS) is 12.3. The van der Waals surface area contributed by atoms with Crippen LogP contribution in [-0.2, 0) is 4.74 Å². The number of methoxy groups -OCH3 is 1. The molecule has 35 heavy (non-hydrogen) atoms. The average molecular weight is 495 g/mol. The third-order valence-corrected chi connectivity index (χ3v) is 5.49. The van der Waals surface area contributed by atoms with Crippen molar-refractivity contribution in [1.29, 1.82) is 0 Å². The molecule has 0 radical (unpaired) electrons. The number of fused-ring (bicyclic) bond motifs is 1. The molecule has 0 saturated heterocycles. The van der Waals surface area contributed by atoms with E-state index >= 15 is 0 Å². The van der Waals surface area contributed by atoms with Gasteiger partial charge in [-0.1, -0.05) is 11.6 Å². The summed E-state index contributed by atoms with van der Waals surface area (Å²) in [5, 5.41) is 11.6. The van der Waals surface area contributed by atoms with Crippen molar-refractivity contribution in [2.75, 3.05) is 18.6 Å². The van der Waals surface area contributed by atoms with Crippen LogP contribution >= 0.6 is 11.6 Å². The number of nitro groups is 1. The van der Waals surface area contributed by atoms with Crippen molar-refractivity contribution in [2.45, 2.75) is 0 Å². The number of esters is 1. The number of imide groups is 1. The molecule has 0 atom stereocenters. The van der Waals surface area contributed by atoms with E-state index in [0.29, 0.717) is 10.7 Å². The lowest BCUT2D eigenvalue weighted by atomic mass is 10.1. The summed E-state index contributed by atoms with van der Waals surface area (Å²) in [6.07, 6.45) is 0. The molecule has 0 bridgehead atoms. The number of nitrogens with zero attached hydrogens (tertiary/aromatic N) is 2. The fourth-order valence-electron chi connectivity index (χ4n) is 3.50. The van der Waals surface area contributed by atoms with Crippen LogP contribution in [0.4, 0.5) is 11.4 Å². The summed E-state index contributed by atoms with van der Waals surface area (Å²) in [7, 11) is 1.26. The summed E-state index contributed by atoms with van der Waals surface area (Å²) < 4.78 is 9.93. The van der Waals surface area contributed by atoms with Crippen LogP contribution in [0.15, 0.2) is 60.7 Å². The Morgan fingerprint density at radius 1 is 0.943 bits per heavy atom. The lowest BCUT2D eigenvalue weighted by molar-refractivity contribution is -0.385. The number of rotatable bonds is 7. The maximum absolute atomic E-state index is 12.9. The number of ketones is 1. The lowest BCUT2D eigenvalue weighted by Gasteiger charge is -2.13. The van der Waals surface area contributed by atoms with Crippen LogP contribution < -0.4 is 9.64 Å². The first-order valence-electron chi connectivity index (χ1n) is 10.0. The zero-order valence-electron chi connectivity index (χ0n) is 18.0. The third-order valence-electron chi connectivity index (χ3n) is 5.24. The molecular weight excluding hydrogens is 480 g/mol. The van der Waals surface area contributed by atoms with Crippen molar-refractivity contribution in [3.63, 3.8) is 0 Å². The van der Waals surface area contributed by atoms with E-state index in [0.717, 1.165) is 11.0 Å². The minimum Gasteiger partial charge on any atom is -0.490 e. The number of carbonyl (C=O) groups is 4. The summed E-state index contributed by atoms with van der Waals surface area (Å²) in [4.78, 5) is 61.9. The van der Waals surface area contributed by atoms with Gasteiger partial charge in [0.05, 0.1) is 34.4 Å². The first kappa shape index (κ1) is 23.6. The van der Waals surface area contributed by atoms with Crippen molar-refractivity contribution < 1.29 is 33.6 Å². The molecule has 0 aliphatic carbocycles. The van der Waals surface area contributed by atoms with Crippen LogP contribution in [0, 0.1) is 10.1 Å². The molecule has 1 heterocycles. The Bertz CT molecular complexity index is 1400. The standard InChI is InChI=1S/C24H15ClN2O8/c1-34-21-9-3-13(11-19(21)27(32)33)20(28)12-35-24(31)14-2-8-17-18(10-14)23(30)26(22(17)29)16-6-4-15(25)5-7-16/h2-11H,12H2,1H3. The van der Waals surface area contributed by atoms with Gasteiger partial charge in [0.25, 0.3) is 11.8 Å². The second-order valence-electron chi connectivity index (χ2n) is 7.33.